The second-order valence-corrected chi connectivity index (χ2v) is 11.1. The van der Waals surface area contributed by atoms with Crippen LogP contribution in [0.15, 0.2) is 101 Å². The quantitative estimate of drug-likeness (QED) is 0.236. The van der Waals surface area contributed by atoms with Crippen LogP contribution in [0.25, 0.3) is 23.0 Å². The van der Waals surface area contributed by atoms with Gasteiger partial charge in [0.1, 0.15) is 11.4 Å². The zero-order valence-electron chi connectivity index (χ0n) is 22.6. The lowest BCUT2D eigenvalue weighted by Gasteiger charge is -2.32. The van der Waals surface area contributed by atoms with Crippen molar-refractivity contribution in [2.75, 3.05) is 19.7 Å². The first-order chi connectivity index (χ1) is 19.7. The Kier molecular flexibility index (Phi) is 7.82. The molecule has 40 heavy (non-hydrogen) atoms. The molecule has 0 spiro atoms. The summed E-state index contributed by atoms with van der Waals surface area (Å²) in [6, 6.07) is 28.6. The van der Waals surface area contributed by atoms with E-state index in [2.05, 4.69) is 40.2 Å². The Hall–Kier alpha value is -4.10. The summed E-state index contributed by atoms with van der Waals surface area (Å²) in [6.07, 6.45) is 7.22. The first-order valence-corrected chi connectivity index (χ1v) is 14.7. The number of rotatable bonds is 7. The normalized spacial score (nSPS) is 16.9. The molecule has 6 rings (SSSR count). The molecule has 0 bridgehead atoms. The molecule has 2 aliphatic rings. The van der Waals surface area contributed by atoms with Gasteiger partial charge in [-0.2, -0.15) is 10.1 Å². The largest absolute Gasteiger partial charge is 0.494 e. The molecule has 0 N–H and O–H groups in total. The zero-order chi connectivity index (χ0) is 27.3. The number of piperidine rings is 1. The summed E-state index contributed by atoms with van der Waals surface area (Å²) in [5.41, 5.74) is 4.94. The first-order valence-electron chi connectivity index (χ1n) is 13.9. The molecule has 202 valence electrons. The smallest absolute Gasteiger partial charge is 0.286 e. The SMILES string of the molecule is CCOc1cccc(-c2nn(-c3ccccc3)cc2C=C2SC(N3CCC(Cc4ccccc4)CC3)=NC2=O)c1. The van der Waals surface area contributed by atoms with E-state index in [1.54, 1.807) is 0 Å². The van der Waals surface area contributed by atoms with Crippen LogP contribution in [0.2, 0.25) is 0 Å². The number of aromatic nitrogens is 2. The fourth-order valence-electron chi connectivity index (χ4n) is 5.28. The zero-order valence-corrected chi connectivity index (χ0v) is 23.4. The molecule has 1 fully saturated rings. The van der Waals surface area contributed by atoms with E-state index in [1.165, 1.54) is 17.3 Å². The van der Waals surface area contributed by atoms with Gasteiger partial charge in [-0.05, 0) is 79.8 Å². The maximum Gasteiger partial charge on any atom is 0.286 e. The van der Waals surface area contributed by atoms with E-state index in [0.29, 0.717) is 17.4 Å². The van der Waals surface area contributed by atoms with Gasteiger partial charge in [-0.1, -0.05) is 60.7 Å². The molecule has 7 heteroatoms. The molecule has 0 aliphatic carbocycles. The molecule has 0 saturated carbocycles. The van der Waals surface area contributed by atoms with Gasteiger partial charge in [0.05, 0.1) is 17.2 Å². The molecule has 0 radical (unpaired) electrons. The fourth-order valence-corrected chi connectivity index (χ4v) is 6.24. The number of amides is 1. The summed E-state index contributed by atoms with van der Waals surface area (Å²) in [6.45, 7) is 4.41. The number of para-hydroxylation sites is 1. The Morgan fingerprint density at radius 1 is 0.975 bits per heavy atom. The van der Waals surface area contributed by atoms with E-state index in [0.717, 1.165) is 65.8 Å². The molecule has 3 heterocycles. The van der Waals surface area contributed by atoms with E-state index in [1.807, 2.05) is 78.5 Å². The van der Waals surface area contributed by atoms with Crippen molar-refractivity contribution in [3.8, 4) is 22.7 Å². The third-order valence-electron chi connectivity index (χ3n) is 7.33. The lowest BCUT2D eigenvalue weighted by atomic mass is 9.90. The van der Waals surface area contributed by atoms with E-state index < -0.39 is 0 Å². The van der Waals surface area contributed by atoms with Gasteiger partial charge in [-0.15, -0.1) is 0 Å². The van der Waals surface area contributed by atoms with Crippen LogP contribution in [0, 0.1) is 5.92 Å². The number of ether oxygens (including phenoxy) is 1. The van der Waals surface area contributed by atoms with Gasteiger partial charge >= 0.3 is 0 Å². The minimum Gasteiger partial charge on any atom is -0.494 e. The molecule has 1 saturated heterocycles. The van der Waals surface area contributed by atoms with Crippen LogP contribution in [0.4, 0.5) is 0 Å². The maximum absolute atomic E-state index is 13.1. The number of carbonyl (C=O) groups excluding carboxylic acids is 1. The average Bonchev–Trinajstić information content (AvgIpc) is 3.58. The topological polar surface area (TPSA) is 59.7 Å². The third kappa shape index (κ3) is 5.89. The Morgan fingerprint density at radius 2 is 1.73 bits per heavy atom. The number of aliphatic imine (C=N–C) groups is 1. The van der Waals surface area contributed by atoms with Crippen molar-refractivity contribution in [1.82, 2.24) is 14.7 Å². The van der Waals surface area contributed by atoms with Crippen LogP contribution < -0.4 is 4.74 Å². The minimum atomic E-state index is -0.187. The number of amidine groups is 1. The summed E-state index contributed by atoms with van der Waals surface area (Å²) < 4.78 is 7.60. The van der Waals surface area contributed by atoms with Gasteiger partial charge in [0.2, 0.25) is 0 Å². The summed E-state index contributed by atoms with van der Waals surface area (Å²) in [4.78, 5) is 20.4. The maximum atomic E-state index is 13.1. The highest BCUT2D eigenvalue weighted by Gasteiger charge is 2.29. The van der Waals surface area contributed by atoms with E-state index in [-0.39, 0.29) is 5.91 Å². The molecular formula is C33H32N4O2S. The summed E-state index contributed by atoms with van der Waals surface area (Å²) in [7, 11) is 0. The Bertz CT molecular complexity index is 1540. The second-order valence-electron chi connectivity index (χ2n) is 10.1. The van der Waals surface area contributed by atoms with E-state index >= 15 is 0 Å². The van der Waals surface area contributed by atoms with Crippen LogP contribution >= 0.6 is 11.8 Å². The van der Waals surface area contributed by atoms with Crippen LogP contribution in [-0.4, -0.2) is 45.5 Å². The van der Waals surface area contributed by atoms with Gasteiger partial charge in [0.25, 0.3) is 5.91 Å². The van der Waals surface area contributed by atoms with Crippen LogP contribution in [0.1, 0.15) is 30.9 Å². The third-order valence-corrected chi connectivity index (χ3v) is 8.37. The van der Waals surface area contributed by atoms with Crippen molar-refractivity contribution < 1.29 is 9.53 Å². The standard InChI is InChI=1S/C33H32N4O2S/c1-2-39-29-15-9-12-26(21-29)31-27(23-37(35-31)28-13-7-4-8-14-28)22-30-32(38)34-33(40-30)36-18-16-25(17-19-36)20-24-10-5-3-6-11-24/h3-15,21-23,25H,2,16-20H2,1H3. The van der Waals surface area contributed by atoms with Gasteiger partial charge < -0.3 is 9.64 Å². The van der Waals surface area contributed by atoms with Gasteiger partial charge in [0.15, 0.2) is 5.17 Å². The number of hydrogen-bond acceptors (Lipinski definition) is 5. The Morgan fingerprint density at radius 3 is 2.48 bits per heavy atom. The number of hydrogen-bond donors (Lipinski definition) is 0. The summed E-state index contributed by atoms with van der Waals surface area (Å²) in [5.74, 6) is 1.27. The predicted molar refractivity (Wildman–Crippen MR) is 163 cm³/mol. The Labute approximate surface area is 239 Å². The second kappa shape index (κ2) is 12.0. The van der Waals surface area contributed by atoms with Crippen LogP contribution in [-0.2, 0) is 11.2 Å². The minimum absolute atomic E-state index is 0.187. The number of nitrogens with zero attached hydrogens (tertiary/aromatic N) is 4. The van der Waals surface area contributed by atoms with E-state index in [9.17, 15) is 4.79 Å². The van der Waals surface area contributed by atoms with Crippen molar-refractivity contribution in [2.45, 2.75) is 26.2 Å². The van der Waals surface area contributed by atoms with Crippen molar-refractivity contribution in [3.63, 3.8) is 0 Å². The van der Waals surface area contributed by atoms with Crippen LogP contribution in [0.5, 0.6) is 5.75 Å². The highest BCUT2D eigenvalue weighted by Crippen LogP contribution is 2.35. The number of carbonyl (C=O) groups is 1. The number of thioether (sulfide) groups is 1. The molecule has 0 unspecified atom stereocenters. The first kappa shape index (κ1) is 26.1. The van der Waals surface area contributed by atoms with Crippen molar-refractivity contribution >= 4 is 28.9 Å². The molecule has 1 amide bonds. The molecule has 2 aliphatic heterocycles. The summed E-state index contributed by atoms with van der Waals surface area (Å²) >= 11 is 1.47. The van der Waals surface area contributed by atoms with E-state index in [4.69, 9.17) is 9.84 Å². The molecular weight excluding hydrogens is 516 g/mol. The van der Waals surface area contributed by atoms with Gasteiger partial charge in [0, 0.05) is 30.4 Å². The highest BCUT2D eigenvalue weighted by atomic mass is 32.2. The molecule has 6 nitrogen and oxygen atoms in total. The summed E-state index contributed by atoms with van der Waals surface area (Å²) in [5, 5.41) is 5.73. The monoisotopic (exact) mass is 548 g/mol. The van der Waals surface area contributed by atoms with Crippen molar-refractivity contribution in [2.24, 2.45) is 10.9 Å². The Balaban J connectivity index is 1.21. The van der Waals surface area contributed by atoms with Crippen LogP contribution in [0.3, 0.4) is 0 Å². The van der Waals surface area contributed by atoms with Gasteiger partial charge in [-0.3, -0.25) is 4.79 Å². The molecule has 0 atom stereocenters. The molecule has 4 aromatic rings. The molecule has 3 aromatic carbocycles. The molecule has 1 aromatic heterocycles. The lowest BCUT2D eigenvalue weighted by Crippen LogP contribution is -2.37. The van der Waals surface area contributed by atoms with Gasteiger partial charge in [-0.25, -0.2) is 4.68 Å². The highest BCUT2D eigenvalue weighted by molar-refractivity contribution is 8.18. The number of likely N-dealkylation sites (tertiary alicyclic amines) is 1. The lowest BCUT2D eigenvalue weighted by molar-refractivity contribution is -0.113. The van der Waals surface area contributed by atoms with Crippen molar-refractivity contribution in [3.05, 3.63) is 107 Å². The number of benzene rings is 3. The average molecular weight is 549 g/mol. The predicted octanol–water partition coefficient (Wildman–Crippen LogP) is 6.86. The fraction of sp³-hybridized carbons (Fsp3) is 0.242. The van der Waals surface area contributed by atoms with Crippen molar-refractivity contribution in [1.29, 1.82) is 0 Å².